The molecule has 0 heterocycles. The molecule has 0 bridgehead atoms. The maximum Gasteiger partial charge on any atom is 0.337 e. The molecule has 0 atom stereocenters. The van der Waals surface area contributed by atoms with Crippen LogP contribution < -0.4 is 0 Å². The number of hydrogen-bond acceptors (Lipinski definition) is 3. The van der Waals surface area contributed by atoms with Crippen molar-refractivity contribution < 1.29 is 28.2 Å². The van der Waals surface area contributed by atoms with Gasteiger partial charge >= 0.3 is 11.9 Å². The number of carbonyl (C=O) groups is 2. The molecule has 108 valence electrons. The van der Waals surface area contributed by atoms with Crippen molar-refractivity contribution in [1.82, 2.24) is 0 Å². The third-order valence-electron chi connectivity index (χ3n) is 2.85. The van der Waals surface area contributed by atoms with Crippen molar-refractivity contribution in [2.45, 2.75) is 0 Å². The number of rotatable bonds is 3. The summed E-state index contributed by atoms with van der Waals surface area (Å²) in [7, 11) is 1.17. The van der Waals surface area contributed by atoms with E-state index in [0.717, 1.165) is 24.3 Å². The molecule has 0 aliphatic carbocycles. The van der Waals surface area contributed by atoms with Gasteiger partial charge in [-0.25, -0.2) is 18.4 Å². The molecule has 0 amide bonds. The van der Waals surface area contributed by atoms with E-state index in [9.17, 15) is 18.4 Å². The number of ether oxygens (including phenoxy) is 1. The van der Waals surface area contributed by atoms with Gasteiger partial charge < -0.3 is 9.84 Å². The van der Waals surface area contributed by atoms with Crippen LogP contribution in [-0.2, 0) is 4.74 Å². The molecule has 2 aromatic rings. The van der Waals surface area contributed by atoms with Gasteiger partial charge in [-0.3, -0.25) is 0 Å². The smallest absolute Gasteiger partial charge is 0.337 e. The Labute approximate surface area is 118 Å². The molecule has 0 spiro atoms. The van der Waals surface area contributed by atoms with Gasteiger partial charge in [0.25, 0.3) is 0 Å². The average molecular weight is 292 g/mol. The first-order chi connectivity index (χ1) is 9.92. The molecule has 0 aromatic heterocycles. The van der Waals surface area contributed by atoms with Gasteiger partial charge in [0.1, 0.15) is 11.6 Å². The van der Waals surface area contributed by atoms with Crippen molar-refractivity contribution in [3.05, 3.63) is 59.2 Å². The van der Waals surface area contributed by atoms with Gasteiger partial charge in [0.05, 0.1) is 18.2 Å². The summed E-state index contributed by atoms with van der Waals surface area (Å²) < 4.78 is 31.9. The summed E-state index contributed by atoms with van der Waals surface area (Å²) >= 11 is 0. The molecular formula is C15H10F2O4. The molecule has 0 aliphatic rings. The van der Waals surface area contributed by atoms with Gasteiger partial charge in [-0.1, -0.05) is 6.07 Å². The fraction of sp³-hybridized carbons (Fsp3) is 0.0667. The summed E-state index contributed by atoms with van der Waals surface area (Å²) in [5.41, 5.74) is -0.221. The predicted molar refractivity (Wildman–Crippen MR) is 70.1 cm³/mol. The van der Waals surface area contributed by atoms with E-state index in [-0.39, 0.29) is 22.3 Å². The summed E-state index contributed by atoms with van der Waals surface area (Å²) in [4.78, 5) is 22.2. The van der Waals surface area contributed by atoms with Gasteiger partial charge in [-0.05, 0) is 35.9 Å². The van der Waals surface area contributed by atoms with Crippen LogP contribution in [0.25, 0.3) is 11.1 Å². The van der Waals surface area contributed by atoms with E-state index in [0.29, 0.717) is 0 Å². The van der Waals surface area contributed by atoms with Crippen molar-refractivity contribution in [1.29, 1.82) is 0 Å². The van der Waals surface area contributed by atoms with Crippen molar-refractivity contribution in [2.24, 2.45) is 0 Å². The number of carbonyl (C=O) groups excluding carboxylic acids is 1. The summed E-state index contributed by atoms with van der Waals surface area (Å²) in [6, 6.07) is 6.54. The van der Waals surface area contributed by atoms with Crippen LogP contribution in [0, 0.1) is 11.6 Å². The second-order valence-corrected chi connectivity index (χ2v) is 4.22. The molecule has 4 nitrogen and oxygen atoms in total. The predicted octanol–water partition coefficient (Wildman–Crippen LogP) is 3.12. The summed E-state index contributed by atoms with van der Waals surface area (Å²) in [6.45, 7) is 0. The highest BCUT2D eigenvalue weighted by molar-refractivity contribution is 5.91. The Morgan fingerprint density at radius 3 is 2.33 bits per heavy atom. The third kappa shape index (κ3) is 3.05. The van der Waals surface area contributed by atoms with E-state index < -0.39 is 23.6 Å². The summed E-state index contributed by atoms with van der Waals surface area (Å²) in [5.74, 6) is -3.59. The second-order valence-electron chi connectivity index (χ2n) is 4.22. The molecule has 1 N–H and O–H groups in total. The van der Waals surface area contributed by atoms with Crippen LogP contribution in [0.5, 0.6) is 0 Å². The zero-order valence-electron chi connectivity index (χ0n) is 10.9. The van der Waals surface area contributed by atoms with Crippen molar-refractivity contribution in [3.8, 4) is 11.1 Å². The highest BCUT2D eigenvalue weighted by Gasteiger charge is 2.14. The van der Waals surface area contributed by atoms with E-state index in [4.69, 9.17) is 5.11 Å². The average Bonchev–Trinajstić information content (AvgIpc) is 2.45. The lowest BCUT2D eigenvalue weighted by atomic mass is 10.0. The zero-order valence-corrected chi connectivity index (χ0v) is 10.9. The van der Waals surface area contributed by atoms with E-state index in [2.05, 4.69) is 4.74 Å². The highest BCUT2D eigenvalue weighted by Crippen LogP contribution is 2.26. The molecule has 0 saturated heterocycles. The molecule has 0 saturated carbocycles. The number of esters is 1. The van der Waals surface area contributed by atoms with Crippen LogP contribution in [-0.4, -0.2) is 24.2 Å². The fourth-order valence-corrected chi connectivity index (χ4v) is 1.86. The molecule has 21 heavy (non-hydrogen) atoms. The minimum Gasteiger partial charge on any atom is -0.478 e. The quantitative estimate of drug-likeness (QED) is 0.883. The molecule has 0 fully saturated rings. The van der Waals surface area contributed by atoms with Crippen LogP contribution in [0.1, 0.15) is 20.7 Å². The first-order valence-electron chi connectivity index (χ1n) is 5.84. The molecule has 2 rings (SSSR count). The van der Waals surface area contributed by atoms with Crippen LogP contribution in [0.4, 0.5) is 8.78 Å². The van der Waals surface area contributed by atoms with Gasteiger partial charge in [0, 0.05) is 5.56 Å². The molecule has 0 unspecified atom stereocenters. The maximum absolute atomic E-state index is 14.0. The first-order valence-corrected chi connectivity index (χ1v) is 5.84. The fourth-order valence-electron chi connectivity index (χ4n) is 1.86. The Hall–Kier alpha value is -2.76. The Morgan fingerprint density at radius 1 is 1.05 bits per heavy atom. The van der Waals surface area contributed by atoms with Crippen molar-refractivity contribution in [3.63, 3.8) is 0 Å². The van der Waals surface area contributed by atoms with Crippen LogP contribution >= 0.6 is 0 Å². The van der Waals surface area contributed by atoms with Gasteiger partial charge in [0.15, 0.2) is 0 Å². The van der Waals surface area contributed by atoms with E-state index in [1.807, 2.05) is 0 Å². The largest absolute Gasteiger partial charge is 0.478 e. The lowest BCUT2D eigenvalue weighted by Gasteiger charge is -2.07. The second kappa shape index (κ2) is 5.70. The van der Waals surface area contributed by atoms with E-state index >= 15 is 0 Å². The van der Waals surface area contributed by atoms with Crippen LogP contribution in [0.2, 0.25) is 0 Å². The molecule has 0 radical (unpaired) electrons. The van der Waals surface area contributed by atoms with Gasteiger partial charge in [0.2, 0.25) is 0 Å². The monoisotopic (exact) mass is 292 g/mol. The standard InChI is InChI=1S/C15H10F2O4/c1-21-15(20)8-2-3-12(13(17)7-8)9-4-10(14(18)19)6-11(16)5-9/h2-7H,1H3,(H,18,19). The molecule has 0 aliphatic heterocycles. The Morgan fingerprint density at radius 2 is 1.76 bits per heavy atom. The lowest BCUT2D eigenvalue weighted by molar-refractivity contribution is 0.0599. The molecule has 2 aromatic carbocycles. The minimum absolute atomic E-state index is 0.00797. The number of methoxy groups -OCH3 is 1. The number of halogens is 2. The third-order valence-corrected chi connectivity index (χ3v) is 2.85. The lowest BCUT2D eigenvalue weighted by Crippen LogP contribution is -2.02. The van der Waals surface area contributed by atoms with E-state index in [1.54, 1.807) is 0 Å². The Balaban J connectivity index is 2.52. The Bertz CT molecular complexity index is 726. The number of carboxylic acid groups (broad SMARTS) is 1. The highest BCUT2D eigenvalue weighted by atomic mass is 19.1. The van der Waals surface area contributed by atoms with Crippen molar-refractivity contribution in [2.75, 3.05) is 7.11 Å². The summed E-state index contributed by atoms with van der Waals surface area (Å²) in [5, 5.41) is 8.88. The Kier molecular flexibility index (Phi) is 3.98. The zero-order chi connectivity index (χ0) is 15.6. The van der Waals surface area contributed by atoms with E-state index in [1.165, 1.54) is 19.2 Å². The number of benzene rings is 2. The topological polar surface area (TPSA) is 63.6 Å². The SMILES string of the molecule is COC(=O)c1ccc(-c2cc(F)cc(C(=O)O)c2)c(F)c1. The summed E-state index contributed by atoms with van der Waals surface area (Å²) in [6.07, 6.45) is 0. The van der Waals surface area contributed by atoms with Crippen LogP contribution in [0.3, 0.4) is 0 Å². The molecular weight excluding hydrogens is 282 g/mol. The minimum atomic E-state index is -1.32. The first kappa shape index (κ1) is 14.6. The van der Waals surface area contributed by atoms with Gasteiger partial charge in [-0.2, -0.15) is 0 Å². The number of hydrogen-bond donors (Lipinski definition) is 1. The van der Waals surface area contributed by atoms with Gasteiger partial charge in [-0.15, -0.1) is 0 Å². The van der Waals surface area contributed by atoms with Crippen molar-refractivity contribution >= 4 is 11.9 Å². The van der Waals surface area contributed by atoms with Crippen LogP contribution in [0.15, 0.2) is 36.4 Å². The number of aromatic carboxylic acids is 1. The number of carboxylic acids is 1. The maximum atomic E-state index is 14.0. The normalized spacial score (nSPS) is 10.2. The molecule has 6 heteroatoms.